The maximum absolute atomic E-state index is 4.94. The van der Waals surface area contributed by atoms with Crippen LogP contribution in [-0.2, 0) is 9.47 Å². The molecule has 2 nitrogen and oxygen atoms in total. The molecule has 0 N–H and O–H groups in total. The number of alkyl halides is 2. The number of hydrogen-bond donors (Lipinski definition) is 0. The Morgan fingerprint density at radius 1 is 1.14 bits per heavy atom. The second-order valence-electron chi connectivity index (χ2n) is 3.74. The fourth-order valence-electron chi connectivity index (χ4n) is 0.510. The molecule has 0 radical (unpaired) electrons. The van der Waals surface area contributed by atoms with Gasteiger partial charge in [0.25, 0.3) is 0 Å². The SMILES string of the molecule is C1CCOC1.COC(C)(C)C.ClCCl. The molecule has 0 bridgehead atoms. The predicted molar refractivity (Wildman–Crippen MR) is 63.4 cm³/mol. The minimum atomic E-state index is 0.0417. The van der Waals surface area contributed by atoms with E-state index in [1.54, 1.807) is 7.11 Å². The minimum Gasteiger partial charge on any atom is -0.381 e. The second-order valence-corrected chi connectivity index (χ2v) is 4.55. The monoisotopic (exact) mass is 244 g/mol. The van der Waals surface area contributed by atoms with E-state index in [4.69, 9.17) is 32.7 Å². The molecule has 0 spiro atoms. The lowest BCUT2D eigenvalue weighted by atomic mass is 10.2. The highest BCUT2D eigenvalue weighted by atomic mass is 35.5. The van der Waals surface area contributed by atoms with Crippen molar-refractivity contribution in [1.82, 2.24) is 0 Å². The Kier molecular flexibility index (Phi) is 14.0. The minimum absolute atomic E-state index is 0.0417. The summed E-state index contributed by atoms with van der Waals surface area (Å²) in [7, 11) is 1.71. The second kappa shape index (κ2) is 11.6. The van der Waals surface area contributed by atoms with Crippen LogP contribution in [0, 0.1) is 0 Å². The Morgan fingerprint density at radius 2 is 1.43 bits per heavy atom. The first kappa shape index (κ1) is 16.9. The van der Waals surface area contributed by atoms with E-state index in [0.717, 1.165) is 13.2 Å². The van der Waals surface area contributed by atoms with Gasteiger partial charge in [0.2, 0.25) is 0 Å². The van der Waals surface area contributed by atoms with Gasteiger partial charge in [0.1, 0.15) is 0 Å². The first-order chi connectivity index (χ1) is 6.47. The van der Waals surface area contributed by atoms with Crippen LogP contribution in [0.4, 0.5) is 0 Å². The molecule has 0 aliphatic carbocycles. The van der Waals surface area contributed by atoms with Gasteiger partial charge in [-0.1, -0.05) is 0 Å². The van der Waals surface area contributed by atoms with Crippen molar-refractivity contribution in [3.63, 3.8) is 0 Å². The van der Waals surface area contributed by atoms with Crippen LogP contribution in [0.1, 0.15) is 33.6 Å². The summed E-state index contributed by atoms with van der Waals surface area (Å²) in [4.78, 5) is 0. The van der Waals surface area contributed by atoms with Gasteiger partial charge in [0, 0.05) is 20.3 Å². The van der Waals surface area contributed by atoms with E-state index >= 15 is 0 Å². The summed E-state index contributed by atoms with van der Waals surface area (Å²) >= 11 is 9.53. The van der Waals surface area contributed by atoms with Crippen molar-refractivity contribution in [3.8, 4) is 0 Å². The van der Waals surface area contributed by atoms with Gasteiger partial charge in [-0.15, -0.1) is 23.2 Å². The molecule has 1 saturated heterocycles. The van der Waals surface area contributed by atoms with E-state index in [-0.39, 0.29) is 10.9 Å². The van der Waals surface area contributed by atoms with Gasteiger partial charge in [-0.05, 0) is 33.6 Å². The van der Waals surface area contributed by atoms with Crippen LogP contribution in [0.15, 0.2) is 0 Å². The molecule has 0 aromatic rings. The summed E-state index contributed by atoms with van der Waals surface area (Å²) in [6.07, 6.45) is 2.56. The molecular formula is C10H22Cl2O2. The number of methoxy groups -OCH3 is 1. The highest BCUT2D eigenvalue weighted by molar-refractivity contribution is 6.40. The topological polar surface area (TPSA) is 18.5 Å². The molecule has 0 saturated carbocycles. The number of halogens is 2. The Morgan fingerprint density at radius 3 is 1.50 bits per heavy atom. The smallest absolute Gasteiger partial charge is 0.0967 e. The molecule has 0 aromatic heterocycles. The normalized spacial score (nSPS) is 15.0. The Labute approximate surface area is 97.9 Å². The van der Waals surface area contributed by atoms with Crippen LogP contribution in [0.2, 0.25) is 0 Å². The van der Waals surface area contributed by atoms with Crippen LogP contribution >= 0.6 is 23.2 Å². The average Bonchev–Trinajstić information content (AvgIpc) is 2.61. The zero-order valence-electron chi connectivity index (χ0n) is 9.61. The van der Waals surface area contributed by atoms with Crippen molar-refractivity contribution in [2.75, 3.05) is 25.7 Å². The van der Waals surface area contributed by atoms with Crippen LogP contribution in [-0.4, -0.2) is 31.3 Å². The van der Waals surface area contributed by atoms with E-state index in [1.165, 1.54) is 12.8 Å². The summed E-state index contributed by atoms with van der Waals surface area (Å²) < 4.78 is 9.88. The molecule has 0 amide bonds. The standard InChI is InChI=1S/C5H12O.C4H8O.CH2Cl2/c1-5(2,3)6-4;1-2-4-5-3-1;2-1-3/h1-4H3;1-4H2;1H2. The fraction of sp³-hybridized carbons (Fsp3) is 1.00. The lowest BCUT2D eigenvalue weighted by molar-refractivity contribution is 0.0397. The van der Waals surface area contributed by atoms with E-state index in [2.05, 4.69) is 0 Å². The zero-order chi connectivity index (χ0) is 11.4. The maximum Gasteiger partial charge on any atom is 0.0967 e. The first-order valence-electron chi connectivity index (χ1n) is 4.72. The van der Waals surface area contributed by atoms with E-state index in [0.29, 0.717) is 0 Å². The van der Waals surface area contributed by atoms with Crippen LogP contribution in [0.5, 0.6) is 0 Å². The highest BCUT2D eigenvalue weighted by Crippen LogP contribution is 2.02. The van der Waals surface area contributed by atoms with Crippen LogP contribution < -0.4 is 0 Å². The maximum atomic E-state index is 4.94. The number of rotatable bonds is 0. The van der Waals surface area contributed by atoms with Gasteiger partial charge in [0.05, 0.1) is 10.9 Å². The molecule has 88 valence electrons. The summed E-state index contributed by atoms with van der Waals surface area (Å²) in [5.41, 5.74) is 0.0417. The molecule has 0 aromatic carbocycles. The van der Waals surface area contributed by atoms with Gasteiger partial charge >= 0.3 is 0 Å². The summed E-state index contributed by atoms with van der Waals surface area (Å²) in [6.45, 7) is 8.06. The Bertz CT molecular complexity index is 91.2. The van der Waals surface area contributed by atoms with Crippen molar-refractivity contribution in [3.05, 3.63) is 0 Å². The molecule has 4 heteroatoms. The quantitative estimate of drug-likeness (QED) is 0.606. The predicted octanol–water partition coefficient (Wildman–Crippen LogP) is 3.65. The van der Waals surface area contributed by atoms with E-state index in [1.807, 2.05) is 20.8 Å². The lowest BCUT2D eigenvalue weighted by Crippen LogP contribution is -2.15. The zero-order valence-corrected chi connectivity index (χ0v) is 11.1. The van der Waals surface area contributed by atoms with Gasteiger partial charge in [-0.25, -0.2) is 0 Å². The van der Waals surface area contributed by atoms with Crippen molar-refractivity contribution >= 4 is 23.2 Å². The van der Waals surface area contributed by atoms with Crippen molar-refractivity contribution in [1.29, 1.82) is 0 Å². The molecule has 0 unspecified atom stereocenters. The molecule has 1 aliphatic rings. The molecule has 1 rings (SSSR count). The molecule has 1 aliphatic heterocycles. The Balaban J connectivity index is 0. The van der Waals surface area contributed by atoms with Gasteiger partial charge in [-0.3, -0.25) is 0 Å². The summed E-state index contributed by atoms with van der Waals surface area (Å²) in [5.74, 6) is 0. The first-order valence-corrected chi connectivity index (χ1v) is 5.79. The van der Waals surface area contributed by atoms with Gasteiger partial charge in [0.15, 0.2) is 0 Å². The van der Waals surface area contributed by atoms with Crippen molar-refractivity contribution < 1.29 is 9.47 Å². The molecule has 1 fully saturated rings. The van der Waals surface area contributed by atoms with Gasteiger partial charge < -0.3 is 9.47 Å². The summed E-state index contributed by atoms with van der Waals surface area (Å²) in [6, 6.07) is 0. The number of ether oxygens (including phenoxy) is 2. The molecular weight excluding hydrogens is 223 g/mol. The molecule has 14 heavy (non-hydrogen) atoms. The van der Waals surface area contributed by atoms with Crippen LogP contribution in [0.3, 0.4) is 0 Å². The third-order valence-corrected chi connectivity index (χ3v) is 1.44. The molecule has 0 atom stereocenters. The third-order valence-electron chi connectivity index (χ3n) is 1.44. The fourth-order valence-corrected chi connectivity index (χ4v) is 0.510. The van der Waals surface area contributed by atoms with E-state index < -0.39 is 0 Å². The van der Waals surface area contributed by atoms with E-state index in [9.17, 15) is 0 Å². The third kappa shape index (κ3) is 22.9. The number of hydrogen-bond acceptors (Lipinski definition) is 2. The average molecular weight is 245 g/mol. The lowest BCUT2D eigenvalue weighted by Gasteiger charge is -2.14. The van der Waals surface area contributed by atoms with Crippen molar-refractivity contribution in [2.24, 2.45) is 0 Å². The largest absolute Gasteiger partial charge is 0.381 e. The summed E-state index contributed by atoms with van der Waals surface area (Å²) in [5, 5.41) is 0.194. The van der Waals surface area contributed by atoms with Crippen molar-refractivity contribution in [2.45, 2.75) is 39.2 Å². The van der Waals surface area contributed by atoms with Gasteiger partial charge in [-0.2, -0.15) is 0 Å². The van der Waals surface area contributed by atoms with Crippen LogP contribution in [0.25, 0.3) is 0 Å². The molecule has 1 heterocycles. The Hall–Kier alpha value is 0.500. The highest BCUT2D eigenvalue weighted by Gasteiger charge is 2.04.